The van der Waals surface area contributed by atoms with E-state index < -0.39 is 46.1 Å². The van der Waals surface area contributed by atoms with Crippen LogP contribution in [0.25, 0.3) is 38.0 Å². The first kappa shape index (κ1) is 44.4. The zero-order chi connectivity index (χ0) is 47.4. The van der Waals surface area contributed by atoms with Crippen molar-refractivity contribution in [3.63, 3.8) is 0 Å². The number of alkyl halides is 1. The van der Waals surface area contributed by atoms with E-state index in [0.717, 1.165) is 33.9 Å². The van der Waals surface area contributed by atoms with Crippen molar-refractivity contribution in [3.8, 4) is 23.2 Å². The number of nitriles is 1. The van der Waals surface area contributed by atoms with Crippen LogP contribution in [0.2, 0.25) is 0 Å². The minimum atomic E-state index is -1.93. The van der Waals surface area contributed by atoms with Gasteiger partial charge in [-0.15, -0.1) is 22.9 Å². The first-order chi connectivity index (χ1) is 32.0. The molecule has 0 saturated carbocycles. The third kappa shape index (κ3) is 6.62. The van der Waals surface area contributed by atoms with Crippen LogP contribution in [0.15, 0.2) is 70.8 Å². The lowest BCUT2D eigenvalue weighted by Crippen LogP contribution is -2.61. The third-order valence-corrected chi connectivity index (χ3v) is 15.6. The minimum absolute atomic E-state index is 0.00354. The number of hydrogen-bond donors (Lipinski definition) is 2. The Kier molecular flexibility index (Phi) is 10.7. The quantitative estimate of drug-likeness (QED) is 0.101. The van der Waals surface area contributed by atoms with Crippen LogP contribution in [0.5, 0.6) is 5.75 Å². The van der Waals surface area contributed by atoms with Gasteiger partial charge in [-0.1, -0.05) is 26.5 Å². The second kappa shape index (κ2) is 16.1. The van der Waals surface area contributed by atoms with Crippen LogP contribution < -0.4 is 16.0 Å². The maximum absolute atomic E-state index is 16.4. The predicted octanol–water partition coefficient (Wildman–Crippen LogP) is 6.53. The number of rotatable bonds is 7. The van der Waals surface area contributed by atoms with Gasteiger partial charge in [0.15, 0.2) is 5.60 Å². The number of benzene rings is 2. The predicted molar refractivity (Wildman–Crippen MR) is 246 cm³/mol. The van der Waals surface area contributed by atoms with Crippen LogP contribution in [-0.2, 0) is 49.0 Å². The summed E-state index contributed by atoms with van der Waals surface area (Å²) in [6, 6.07) is 11.1. The lowest BCUT2D eigenvalue weighted by atomic mass is 9.78. The van der Waals surface area contributed by atoms with Crippen molar-refractivity contribution in [2.45, 2.75) is 75.8 Å². The number of nitrogen functional groups attached to an aromatic ring is 1. The van der Waals surface area contributed by atoms with E-state index >= 15 is 4.39 Å². The highest BCUT2D eigenvalue weighted by atomic mass is 35.5. The molecule has 1 aliphatic carbocycles. The molecule has 0 bridgehead atoms. The number of thiophene rings is 1. The number of amides is 2. The molecule has 2 saturated heterocycles. The summed E-state index contributed by atoms with van der Waals surface area (Å²) in [5.41, 5.74) is 6.65. The summed E-state index contributed by atoms with van der Waals surface area (Å²) in [6.07, 6.45) is 2.08. The van der Waals surface area contributed by atoms with Gasteiger partial charge in [-0.2, -0.15) is 5.26 Å². The number of fused-ring (bicyclic) bond motifs is 8. The number of pyridine rings is 2. The van der Waals surface area contributed by atoms with Crippen LogP contribution in [0.4, 0.5) is 13.8 Å². The highest BCUT2D eigenvalue weighted by Gasteiger charge is 2.51. The second-order valence-electron chi connectivity index (χ2n) is 17.5. The number of allylic oxidation sites excluding steroid dienone is 2. The second-order valence-corrected chi connectivity index (χ2v) is 19.0. The van der Waals surface area contributed by atoms with E-state index in [2.05, 4.69) is 6.58 Å². The average Bonchev–Trinajstić information content (AvgIpc) is 3.87. The van der Waals surface area contributed by atoms with Crippen LogP contribution in [-0.4, -0.2) is 92.1 Å². The van der Waals surface area contributed by atoms with Crippen molar-refractivity contribution < 1.29 is 42.5 Å². The Balaban J connectivity index is 0.849. The van der Waals surface area contributed by atoms with Crippen LogP contribution in [0, 0.1) is 17.1 Å². The Morgan fingerprint density at radius 3 is 2.70 bits per heavy atom. The fourth-order valence-corrected chi connectivity index (χ4v) is 11.7. The molecular formula is C49H43ClF2N6O8S. The lowest BCUT2D eigenvalue weighted by Gasteiger charge is -2.48. The summed E-state index contributed by atoms with van der Waals surface area (Å²) in [5.74, 6) is -2.60. The van der Waals surface area contributed by atoms with Gasteiger partial charge in [0.1, 0.15) is 47.3 Å². The van der Waals surface area contributed by atoms with Crippen molar-refractivity contribution >= 4 is 72.3 Å². The normalized spacial score (nSPS) is 23.3. The lowest BCUT2D eigenvalue weighted by molar-refractivity contribution is -0.172. The smallest absolute Gasteiger partial charge is 0.343 e. The number of esters is 1. The highest BCUT2D eigenvalue weighted by Crippen LogP contribution is 2.49. The Hall–Kier alpha value is -6.45. The first-order valence-corrected chi connectivity index (χ1v) is 23.1. The maximum Gasteiger partial charge on any atom is 0.343 e. The number of halogens is 3. The van der Waals surface area contributed by atoms with Gasteiger partial charge in [0.2, 0.25) is 0 Å². The summed E-state index contributed by atoms with van der Waals surface area (Å²) < 4.78 is 50.7. The summed E-state index contributed by atoms with van der Waals surface area (Å²) in [6.45, 7) is 9.80. The van der Waals surface area contributed by atoms with Gasteiger partial charge in [-0.25, -0.2) is 18.6 Å². The van der Waals surface area contributed by atoms with Gasteiger partial charge in [-0.3, -0.25) is 14.4 Å². The fraction of sp³-hybridized carbons (Fsp3) is 0.347. The number of nitrogens with zero attached hydrogens (tertiary/aromatic N) is 5. The number of cyclic esters (lactones) is 1. The SMILES string of the molecule is C=C(COc1ccc2nc3c(c(CC)c2c1)Cn1c-3cc2c(c1=O)COC(=O)[C@]2(O)CC)C(=O)N1CCN2C(=O)C3=CC(F)=C(c4ccc(F)c5sc(N)c(C#N)c45)C(Cl)C3(C)OCC[C@H]2C1. The zero-order valence-electron chi connectivity index (χ0n) is 36.6. The largest absolute Gasteiger partial charge is 0.489 e. The summed E-state index contributed by atoms with van der Waals surface area (Å²) in [5, 5.41) is 20.9. The van der Waals surface area contributed by atoms with E-state index in [9.17, 15) is 33.9 Å². The molecule has 5 aliphatic rings. The summed E-state index contributed by atoms with van der Waals surface area (Å²) >= 11 is 7.97. The summed E-state index contributed by atoms with van der Waals surface area (Å²) in [4.78, 5) is 62.8. The van der Waals surface area contributed by atoms with Crippen molar-refractivity contribution in [2.24, 2.45) is 0 Å². The molecule has 10 rings (SSSR count). The standard InChI is InChI=1S/C49H43ClF2N6O8S/c1-5-26-28-15-25(7-10-36(28)55-40-30(26)20-58-37(40)17-32-31(45(58)60)22-65-47(62)49(32,63)6-2)64-21-23(3)44(59)56-12-13-57-24(19-56)11-14-66-48(4)33(46(57)61)16-35(52)39(42(48)50)27-8-9-34(51)41-38(27)29(18-53)43(54)67-41/h7-10,15-17,24,42,63H,3,5-6,11-14,19-22,54H2,1-2,4H3/t24-,42?,48?,49-/m0/s1. The Morgan fingerprint density at radius 1 is 1.16 bits per heavy atom. The molecule has 67 heavy (non-hydrogen) atoms. The van der Waals surface area contributed by atoms with E-state index in [1.165, 1.54) is 12.1 Å². The van der Waals surface area contributed by atoms with Crippen LogP contribution in [0.1, 0.15) is 67.0 Å². The zero-order valence-corrected chi connectivity index (χ0v) is 38.2. The van der Waals surface area contributed by atoms with Gasteiger partial charge in [0, 0.05) is 59.3 Å². The molecule has 2 amide bonds. The molecule has 2 fully saturated rings. The molecule has 4 atom stereocenters. The number of aryl methyl sites for hydroxylation is 1. The monoisotopic (exact) mass is 948 g/mol. The molecule has 3 N–H and O–H groups in total. The Labute approximate surface area is 391 Å². The molecular weight excluding hydrogens is 906 g/mol. The number of aromatic nitrogens is 2. The molecule has 0 spiro atoms. The number of hydrogen-bond acceptors (Lipinski definition) is 12. The van der Waals surface area contributed by atoms with Crippen molar-refractivity contribution in [1.29, 1.82) is 5.26 Å². The average molecular weight is 949 g/mol. The molecule has 4 aliphatic heterocycles. The van der Waals surface area contributed by atoms with Gasteiger partial charge < -0.3 is 39.4 Å². The number of anilines is 1. The number of aliphatic hydroxyl groups is 1. The molecule has 0 radical (unpaired) electrons. The van der Waals surface area contributed by atoms with Crippen molar-refractivity contribution in [3.05, 3.63) is 116 Å². The first-order valence-electron chi connectivity index (χ1n) is 21.9. The molecule has 7 heterocycles. The number of carbonyl (C=O) groups excluding carboxylic acids is 3. The van der Waals surface area contributed by atoms with E-state index in [0.29, 0.717) is 35.5 Å². The van der Waals surface area contributed by atoms with Gasteiger partial charge in [0.05, 0.1) is 56.3 Å². The Bertz CT molecular complexity index is 3250. The molecule has 2 unspecified atom stereocenters. The van der Waals surface area contributed by atoms with Gasteiger partial charge in [-0.05, 0) is 73.7 Å². The van der Waals surface area contributed by atoms with Gasteiger partial charge in [0.25, 0.3) is 17.4 Å². The highest BCUT2D eigenvalue weighted by molar-refractivity contribution is 7.23. The van der Waals surface area contributed by atoms with Crippen LogP contribution >= 0.6 is 22.9 Å². The third-order valence-electron chi connectivity index (χ3n) is 14.0. The minimum Gasteiger partial charge on any atom is -0.489 e. The van der Waals surface area contributed by atoms with Crippen LogP contribution in [0.3, 0.4) is 0 Å². The Morgan fingerprint density at radius 2 is 1.96 bits per heavy atom. The molecule has 5 aromatic rings. The van der Waals surface area contributed by atoms with Gasteiger partial charge >= 0.3 is 5.97 Å². The topological polar surface area (TPSA) is 190 Å². The molecule has 18 heteroatoms. The maximum atomic E-state index is 16.4. The van der Waals surface area contributed by atoms with E-state index in [4.69, 9.17) is 36.5 Å². The molecule has 344 valence electrons. The van der Waals surface area contributed by atoms with Crippen molar-refractivity contribution in [1.82, 2.24) is 19.4 Å². The number of carbonyl (C=O) groups is 3. The summed E-state index contributed by atoms with van der Waals surface area (Å²) in [7, 11) is 0. The number of nitrogens with two attached hydrogens (primary N) is 1. The number of piperazine rings is 1. The van der Waals surface area contributed by atoms with E-state index in [1.807, 2.05) is 19.1 Å². The fourth-order valence-electron chi connectivity index (χ4n) is 10.3. The van der Waals surface area contributed by atoms with Crippen molar-refractivity contribution in [2.75, 3.05) is 38.6 Å². The molecule has 2 aromatic carbocycles. The molecule has 3 aromatic heterocycles. The number of ether oxygens (including phenoxy) is 3. The molecule has 14 nitrogen and oxygen atoms in total. The van der Waals surface area contributed by atoms with E-state index in [1.54, 1.807) is 46.4 Å². The van der Waals surface area contributed by atoms with E-state index in [-0.39, 0.29) is 118 Å².